The number of rotatable bonds is 12. The molecule has 0 bridgehead atoms. The number of unbranched alkanes of at least 4 members (excludes halogenated alkanes) is 3. The van der Waals surface area contributed by atoms with Crippen LogP contribution in [0.25, 0.3) is 0 Å². The monoisotopic (exact) mass is 374 g/mol. The van der Waals surface area contributed by atoms with Crippen LogP contribution < -0.4 is 0 Å². The zero-order valence-corrected chi connectivity index (χ0v) is 17.1. The normalized spacial score (nSPS) is 12.4. The molecule has 0 atom stereocenters. The molecule has 0 heterocycles. The summed E-state index contributed by atoms with van der Waals surface area (Å²) in [7, 11) is -0.972. The third kappa shape index (κ3) is 8.90. The van der Waals surface area contributed by atoms with E-state index >= 15 is 0 Å². The van der Waals surface area contributed by atoms with Crippen LogP contribution in [-0.4, -0.2) is 28.1 Å². The average Bonchev–Trinajstić information content (AvgIpc) is 2.48. The fourth-order valence-electron chi connectivity index (χ4n) is 2.84. The van der Waals surface area contributed by atoms with E-state index < -0.39 is 20.4 Å². The van der Waals surface area contributed by atoms with Crippen molar-refractivity contribution >= 4 is 8.80 Å². The fourth-order valence-corrected chi connectivity index (χ4v) is 5.65. The molecule has 1 rings (SSSR count). The lowest BCUT2D eigenvalue weighted by Crippen LogP contribution is -2.48. The first-order valence-electron chi connectivity index (χ1n) is 9.12. The number of benzene rings is 1. The first-order chi connectivity index (χ1) is 11.8. The molecule has 0 aliphatic heterocycles. The quantitative estimate of drug-likeness (QED) is 0.357. The van der Waals surface area contributed by atoms with Crippen LogP contribution in [0.2, 0.25) is 6.04 Å². The van der Waals surface area contributed by atoms with Gasteiger partial charge in [0.1, 0.15) is 11.6 Å². The average molecular weight is 375 g/mol. The molecule has 25 heavy (non-hydrogen) atoms. The Kier molecular flexibility index (Phi) is 9.78. The summed E-state index contributed by atoms with van der Waals surface area (Å²) in [6.07, 6.45) is 4.68. The van der Waals surface area contributed by atoms with Crippen molar-refractivity contribution in [2.45, 2.75) is 78.1 Å². The summed E-state index contributed by atoms with van der Waals surface area (Å²) in [4.78, 5) is 0. The lowest BCUT2D eigenvalue weighted by molar-refractivity contribution is 0.0323. The van der Waals surface area contributed by atoms with Gasteiger partial charge in [0.25, 0.3) is 0 Å². The van der Waals surface area contributed by atoms with Gasteiger partial charge in [0.05, 0.1) is 0 Å². The van der Waals surface area contributed by atoms with Crippen LogP contribution in [0.1, 0.15) is 58.9 Å². The SMILES string of the molecule is CO[Si](CCCCCCc1cc(F)cc(F)c1)(OC(C)C)OC(C)C. The molecule has 0 aromatic heterocycles. The van der Waals surface area contributed by atoms with Crippen LogP contribution in [0, 0.1) is 11.6 Å². The highest BCUT2D eigenvalue weighted by Crippen LogP contribution is 2.23. The number of halogens is 2. The molecule has 1 aromatic rings. The van der Waals surface area contributed by atoms with Gasteiger partial charge in [0, 0.05) is 31.4 Å². The highest BCUT2D eigenvalue weighted by atomic mass is 28.4. The Morgan fingerprint density at radius 2 is 1.36 bits per heavy atom. The first kappa shape index (κ1) is 22.2. The maximum absolute atomic E-state index is 13.2. The largest absolute Gasteiger partial charge is 0.501 e. The van der Waals surface area contributed by atoms with Crippen molar-refractivity contribution in [3.63, 3.8) is 0 Å². The van der Waals surface area contributed by atoms with Gasteiger partial charge in [0.15, 0.2) is 0 Å². The van der Waals surface area contributed by atoms with E-state index in [1.165, 1.54) is 12.1 Å². The molecule has 0 saturated heterocycles. The number of hydrogen-bond acceptors (Lipinski definition) is 3. The lowest BCUT2D eigenvalue weighted by Gasteiger charge is -2.31. The molecule has 144 valence electrons. The smallest absolute Gasteiger partial charge is 0.377 e. The molecular weight excluding hydrogens is 342 g/mol. The highest BCUT2D eigenvalue weighted by molar-refractivity contribution is 6.60. The van der Waals surface area contributed by atoms with Gasteiger partial charge in [-0.15, -0.1) is 0 Å². The van der Waals surface area contributed by atoms with Gasteiger partial charge >= 0.3 is 8.80 Å². The van der Waals surface area contributed by atoms with E-state index in [4.69, 9.17) is 13.3 Å². The van der Waals surface area contributed by atoms with Gasteiger partial charge in [-0.1, -0.05) is 12.8 Å². The predicted octanol–water partition coefficient (Wildman–Crippen LogP) is 5.50. The summed E-state index contributed by atoms with van der Waals surface area (Å²) in [5, 5.41) is 0. The van der Waals surface area contributed by atoms with Gasteiger partial charge in [-0.25, -0.2) is 8.78 Å². The van der Waals surface area contributed by atoms with E-state index in [0.717, 1.165) is 37.8 Å². The van der Waals surface area contributed by atoms with Gasteiger partial charge in [-0.05, 0) is 64.7 Å². The molecule has 0 unspecified atom stereocenters. The molecule has 0 spiro atoms. The zero-order chi connectivity index (χ0) is 18.9. The zero-order valence-electron chi connectivity index (χ0n) is 16.1. The summed E-state index contributed by atoms with van der Waals surface area (Å²) in [6.45, 7) is 7.95. The number of hydrogen-bond donors (Lipinski definition) is 0. The summed E-state index contributed by atoms with van der Waals surface area (Å²) < 4.78 is 44.0. The third-order valence-corrected chi connectivity index (χ3v) is 7.01. The summed E-state index contributed by atoms with van der Waals surface area (Å²) in [5.74, 6) is -1.02. The molecule has 1 aromatic carbocycles. The van der Waals surface area contributed by atoms with Crippen LogP contribution >= 0.6 is 0 Å². The van der Waals surface area contributed by atoms with Crippen molar-refractivity contribution in [1.82, 2.24) is 0 Å². The molecule has 3 nitrogen and oxygen atoms in total. The van der Waals surface area contributed by atoms with Crippen molar-refractivity contribution in [2.24, 2.45) is 0 Å². The van der Waals surface area contributed by atoms with Gasteiger partial charge in [-0.2, -0.15) is 0 Å². The van der Waals surface area contributed by atoms with Crippen molar-refractivity contribution in [3.8, 4) is 0 Å². The molecule has 0 fully saturated rings. The molecule has 0 N–H and O–H groups in total. The second kappa shape index (κ2) is 11.0. The second-order valence-electron chi connectivity index (χ2n) is 6.91. The summed E-state index contributed by atoms with van der Waals surface area (Å²) in [5.41, 5.74) is 0.712. The van der Waals surface area contributed by atoms with Crippen molar-refractivity contribution in [3.05, 3.63) is 35.4 Å². The highest BCUT2D eigenvalue weighted by Gasteiger charge is 2.41. The Morgan fingerprint density at radius 3 is 1.84 bits per heavy atom. The lowest BCUT2D eigenvalue weighted by atomic mass is 10.1. The fraction of sp³-hybridized carbons (Fsp3) is 0.684. The van der Waals surface area contributed by atoms with E-state index in [1.54, 1.807) is 7.11 Å². The van der Waals surface area contributed by atoms with Crippen LogP contribution in [0.3, 0.4) is 0 Å². The Balaban J connectivity index is 2.37. The maximum atomic E-state index is 13.2. The number of aryl methyl sites for hydroxylation is 1. The summed E-state index contributed by atoms with van der Waals surface area (Å²) >= 11 is 0. The Bertz CT molecular complexity index is 479. The minimum Gasteiger partial charge on any atom is -0.377 e. The van der Waals surface area contributed by atoms with Gasteiger partial charge in [0.2, 0.25) is 0 Å². The predicted molar refractivity (Wildman–Crippen MR) is 98.5 cm³/mol. The molecular formula is C19H32F2O3Si. The molecule has 0 amide bonds. The van der Waals surface area contributed by atoms with Crippen LogP contribution in [0.5, 0.6) is 0 Å². The van der Waals surface area contributed by atoms with Crippen molar-refractivity contribution in [2.75, 3.05) is 7.11 Å². The molecule has 0 aliphatic carbocycles. The molecule has 0 aliphatic rings. The van der Waals surface area contributed by atoms with Crippen molar-refractivity contribution in [1.29, 1.82) is 0 Å². The van der Waals surface area contributed by atoms with E-state index in [9.17, 15) is 8.78 Å². The maximum Gasteiger partial charge on any atom is 0.501 e. The minimum absolute atomic E-state index is 0.0632. The molecule has 6 heteroatoms. The Labute approximate surface area is 152 Å². The van der Waals surface area contributed by atoms with Crippen molar-refractivity contribution < 1.29 is 22.1 Å². The molecule has 0 radical (unpaired) electrons. The van der Waals surface area contributed by atoms with Crippen LogP contribution in [0.15, 0.2) is 18.2 Å². The Morgan fingerprint density at radius 1 is 0.840 bits per heavy atom. The van der Waals surface area contributed by atoms with Crippen LogP contribution in [-0.2, 0) is 19.7 Å². The minimum atomic E-state index is -2.63. The van der Waals surface area contributed by atoms with E-state index in [0.29, 0.717) is 12.0 Å². The second-order valence-corrected chi connectivity index (χ2v) is 9.66. The third-order valence-electron chi connectivity index (χ3n) is 3.76. The summed E-state index contributed by atoms with van der Waals surface area (Å²) in [6, 6.07) is 4.49. The topological polar surface area (TPSA) is 27.7 Å². The van der Waals surface area contributed by atoms with Gasteiger partial charge < -0.3 is 13.3 Å². The standard InChI is InChI=1S/C19H32F2O3Si/c1-15(2)23-25(22-5,24-16(3)4)11-9-7-6-8-10-17-12-18(20)14-19(21)13-17/h12-16H,6-11H2,1-5H3. The van der Waals surface area contributed by atoms with E-state index in [-0.39, 0.29) is 12.2 Å². The van der Waals surface area contributed by atoms with E-state index in [1.807, 2.05) is 27.7 Å². The van der Waals surface area contributed by atoms with Crippen LogP contribution in [0.4, 0.5) is 8.78 Å². The first-order valence-corrected chi connectivity index (χ1v) is 11.1. The van der Waals surface area contributed by atoms with E-state index in [2.05, 4.69) is 0 Å². The molecule has 0 saturated carbocycles. The van der Waals surface area contributed by atoms with Gasteiger partial charge in [-0.3, -0.25) is 0 Å². The Hall–Kier alpha value is -0.823.